The topological polar surface area (TPSA) is 34.9 Å². The van der Waals surface area contributed by atoms with E-state index in [-0.39, 0.29) is 11.7 Å². The minimum absolute atomic E-state index is 0.195. The number of fused-ring (bicyclic) bond motifs is 1. The molecule has 4 rings (SSSR count). The van der Waals surface area contributed by atoms with Crippen LogP contribution in [0.4, 0.5) is 0 Å². The van der Waals surface area contributed by atoms with Gasteiger partial charge < -0.3 is 0 Å². The van der Waals surface area contributed by atoms with Gasteiger partial charge in [-0.25, -0.2) is 4.68 Å². The monoisotopic (exact) mass is 316 g/mol. The standard InChI is InChI=1S/C21H20N2O/c1-14-6-8-18(9-7-14)23-20-11-17(12-21(24)19(20)13-22-23)16-5-3-4-15(2)10-16/h3-10,13,17H,11-12H2,1-2H3/t17-/m1/s1. The van der Waals surface area contributed by atoms with E-state index in [1.54, 1.807) is 6.20 Å². The van der Waals surface area contributed by atoms with Crippen molar-refractivity contribution in [2.45, 2.75) is 32.6 Å². The normalized spacial score (nSPS) is 16.9. The summed E-state index contributed by atoms with van der Waals surface area (Å²) in [5.74, 6) is 0.423. The van der Waals surface area contributed by atoms with Crippen LogP contribution in [0.15, 0.2) is 54.7 Å². The highest BCUT2D eigenvalue weighted by atomic mass is 16.1. The second-order valence-corrected chi connectivity index (χ2v) is 6.69. The van der Waals surface area contributed by atoms with Crippen molar-refractivity contribution in [3.8, 4) is 5.69 Å². The largest absolute Gasteiger partial charge is 0.294 e. The van der Waals surface area contributed by atoms with E-state index in [0.717, 1.165) is 23.4 Å². The minimum Gasteiger partial charge on any atom is -0.294 e. The van der Waals surface area contributed by atoms with E-state index in [2.05, 4.69) is 67.5 Å². The predicted molar refractivity (Wildman–Crippen MR) is 94.9 cm³/mol. The Bertz CT molecular complexity index is 906. The summed E-state index contributed by atoms with van der Waals surface area (Å²) < 4.78 is 1.93. The van der Waals surface area contributed by atoms with Gasteiger partial charge in [0.05, 0.1) is 23.1 Å². The van der Waals surface area contributed by atoms with Gasteiger partial charge in [0.2, 0.25) is 0 Å². The quantitative estimate of drug-likeness (QED) is 0.702. The summed E-state index contributed by atoms with van der Waals surface area (Å²) in [5.41, 5.74) is 6.51. The molecule has 0 bridgehead atoms. The number of rotatable bonds is 2. The summed E-state index contributed by atoms with van der Waals surface area (Å²) in [7, 11) is 0. The van der Waals surface area contributed by atoms with E-state index in [1.165, 1.54) is 16.7 Å². The fourth-order valence-corrected chi connectivity index (χ4v) is 3.51. The zero-order chi connectivity index (χ0) is 16.7. The molecule has 0 radical (unpaired) electrons. The number of nitrogens with zero attached hydrogens (tertiary/aromatic N) is 2. The molecular formula is C21H20N2O. The molecule has 3 nitrogen and oxygen atoms in total. The summed E-state index contributed by atoms with van der Waals surface area (Å²) in [5, 5.41) is 4.49. The molecule has 1 aliphatic carbocycles. The Kier molecular flexibility index (Phi) is 3.57. The third-order valence-corrected chi connectivity index (χ3v) is 4.83. The summed E-state index contributed by atoms with van der Waals surface area (Å²) in [6, 6.07) is 16.8. The maximum absolute atomic E-state index is 12.6. The molecule has 1 aliphatic rings. The molecule has 0 saturated heterocycles. The summed E-state index contributed by atoms with van der Waals surface area (Å²) in [6.07, 6.45) is 3.14. The molecule has 1 heterocycles. The van der Waals surface area contributed by atoms with Crippen molar-refractivity contribution < 1.29 is 4.79 Å². The van der Waals surface area contributed by atoms with Crippen molar-refractivity contribution >= 4 is 5.78 Å². The summed E-state index contributed by atoms with van der Waals surface area (Å²) in [4.78, 5) is 12.6. The first kappa shape index (κ1) is 14.9. The summed E-state index contributed by atoms with van der Waals surface area (Å²) >= 11 is 0. The second kappa shape index (κ2) is 5.75. The Morgan fingerprint density at radius 2 is 1.79 bits per heavy atom. The molecule has 3 aromatic rings. The van der Waals surface area contributed by atoms with Crippen LogP contribution in [0.25, 0.3) is 5.69 Å². The average Bonchev–Trinajstić information content (AvgIpc) is 3.00. The molecule has 0 fully saturated rings. The SMILES string of the molecule is Cc1ccc(-n2ncc3c2C[C@@H](c2cccc(C)c2)CC3=O)cc1. The van der Waals surface area contributed by atoms with Crippen LogP contribution in [0, 0.1) is 13.8 Å². The predicted octanol–water partition coefficient (Wildman–Crippen LogP) is 4.40. The highest BCUT2D eigenvalue weighted by molar-refractivity contribution is 5.98. The van der Waals surface area contributed by atoms with E-state index in [1.807, 2.05) is 4.68 Å². The number of ketones is 1. The van der Waals surface area contributed by atoms with Crippen molar-refractivity contribution in [2.75, 3.05) is 0 Å². The van der Waals surface area contributed by atoms with Gasteiger partial charge in [0.15, 0.2) is 5.78 Å². The molecule has 0 unspecified atom stereocenters. The molecule has 120 valence electrons. The van der Waals surface area contributed by atoms with Crippen molar-refractivity contribution in [2.24, 2.45) is 0 Å². The van der Waals surface area contributed by atoms with E-state index in [4.69, 9.17) is 0 Å². The number of carbonyl (C=O) groups is 1. The van der Waals surface area contributed by atoms with Crippen molar-refractivity contribution in [3.63, 3.8) is 0 Å². The fraction of sp³-hybridized carbons (Fsp3) is 0.238. The molecule has 0 saturated carbocycles. The Hall–Kier alpha value is -2.68. The van der Waals surface area contributed by atoms with E-state index in [0.29, 0.717) is 6.42 Å². The van der Waals surface area contributed by atoms with Crippen LogP contribution in [-0.2, 0) is 6.42 Å². The molecule has 0 aliphatic heterocycles. The van der Waals surface area contributed by atoms with Gasteiger partial charge >= 0.3 is 0 Å². The van der Waals surface area contributed by atoms with Gasteiger partial charge in [-0.15, -0.1) is 0 Å². The van der Waals surface area contributed by atoms with Crippen molar-refractivity contribution in [3.05, 3.63) is 82.7 Å². The van der Waals surface area contributed by atoms with Crippen LogP contribution in [0.1, 0.15) is 45.1 Å². The van der Waals surface area contributed by atoms with Gasteiger partial charge in [0, 0.05) is 6.42 Å². The fourth-order valence-electron chi connectivity index (χ4n) is 3.51. The molecular weight excluding hydrogens is 296 g/mol. The average molecular weight is 316 g/mol. The van der Waals surface area contributed by atoms with Crippen molar-refractivity contribution in [1.82, 2.24) is 9.78 Å². The zero-order valence-corrected chi connectivity index (χ0v) is 14.0. The number of Topliss-reactive ketones (excluding diaryl/α,β-unsaturated/α-hetero) is 1. The molecule has 3 heteroatoms. The van der Waals surface area contributed by atoms with Crippen LogP contribution in [0.3, 0.4) is 0 Å². The van der Waals surface area contributed by atoms with Crippen LogP contribution >= 0.6 is 0 Å². The second-order valence-electron chi connectivity index (χ2n) is 6.69. The van der Waals surface area contributed by atoms with Gasteiger partial charge in [-0.2, -0.15) is 5.10 Å². The van der Waals surface area contributed by atoms with E-state index >= 15 is 0 Å². The maximum atomic E-state index is 12.6. The first-order valence-corrected chi connectivity index (χ1v) is 8.35. The minimum atomic E-state index is 0.195. The molecule has 0 spiro atoms. The molecule has 2 aromatic carbocycles. The first-order chi connectivity index (χ1) is 11.6. The lowest BCUT2D eigenvalue weighted by molar-refractivity contribution is 0.0963. The van der Waals surface area contributed by atoms with Crippen LogP contribution < -0.4 is 0 Å². The molecule has 0 N–H and O–H groups in total. The van der Waals surface area contributed by atoms with Crippen molar-refractivity contribution in [1.29, 1.82) is 0 Å². The lowest BCUT2D eigenvalue weighted by Crippen LogP contribution is -2.20. The highest BCUT2D eigenvalue weighted by Crippen LogP contribution is 2.34. The number of aromatic nitrogens is 2. The number of carbonyl (C=O) groups excluding carboxylic acids is 1. The van der Waals surface area contributed by atoms with E-state index < -0.39 is 0 Å². The third kappa shape index (κ3) is 2.56. The Morgan fingerprint density at radius 3 is 2.54 bits per heavy atom. The lowest BCUT2D eigenvalue weighted by atomic mass is 9.82. The van der Waals surface area contributed by atoms with Crippen LogP contribution in [-0.4, -0.2) is 15.6 Å². The van der Waals surface area contributed by atoms with Gasteiger partial charge in [-0.3, -0.25) is 4.79 Å². The zero-order valence-electron chi connectivity index (χ0n) is 14.0. The number of aryl methyl sites for hydroxylation is 2. The van der Waals surface area contributed by atoms with Gasteiger partial charge in [0.1, 0.15) is 0 Å². The number of hydrogen-bond donors (Lipinski definition) is 0. The maximum Gasteiger partial charge on any atom is 0.166 e. The Labute approximate surface area is 141 Å². The smallest absolute Gasteiger partial charge is 0.166 e. The Balaban J connectivity index is 1.75. The lowest BCUT2D eigenvalue weighted by Gasteiger charge is -2.23. The first-order valence-electron chi connectivity index (χ1n) is 8.35. The molecule has 1 aromatic heterocycles. The Morgan fingerprint density at radius 1 is 1.00 bits per heavy atom. The van der Waals surface area contributed by atoms with Crippen LogP contribution in [0.2, 0.25) is 0 Å². The molecule has 1 atom stereocenters. The molecule has 0 amide bonds. The number of hydrogen-bond acceptors (Lipinski definition) is 2. The number of benzene rings is 2. The van der Waals surface area contributed by atoms with Gasteiger partial charge in [0.25, 0.3) is 0 Å². The molecule has 24 heavy (non-hydrogen) atoms. The third-order valence-electron chi connectivity index (χ3n) is 4.83. The van der Waals surface area contributed by atoms with Gasteiger partial charge in [-0.05, 0) is 43.9 Å². The highest BCUT2D eigenvalue weighted by Gasteiger charge is 2.30. The van der Waals surface area contributed by atoms with Crippen LogP contribution in [0.5, 0.6) is 0 Å². The van der Waals surface area contributed by atoms with E-state index in [9.17, 15) is 4.79 Å². The summed E-state index contributed by atoms with van der Waals surface area (Å²) in [6.45, 7) is 4.16. The van der Waals surface area contributed by atoms with Gasteiger partial charge in [-0.1, -0.05) is 47.5 Å².